The first-order chi connectivity index (χ1) is 17.2. The standard InChI is InChI=1S/C26H30F3N3O4/c1-15(13-35-18-7-5-8-18)36-23-10-19-21(11-22(23)34-3)31-16(2)32-25(19)30-12-17-6-4-9-20(24(17)27)26(28,29)14-33/h4,6,9-11,15,18,33H,5,7-8,12-14H2,1-3H3,(H,30,31,32). The zero-order valence-corrected chi connectivity index (χ0v) is 20.5. The highest BCUT2D eigenvalue weighted by atomic mass is 19.3. The molecule has 7 nitrogen and oxygen atoms in total. The van der Waals surface area contributed by atoms with Crippen LogP contribution in [0.2, 0.25) is 0 Å². The number of halogens is 3. The molecule has 0 spiro atoms. The van der Waals surface area contributed by atoms with Crippen molar-refractivity contribution < 1.29 is 32.5 Å². The van der Waals surface area contributed by atoms with Gasteiger partial charge in [-0.1, -0.05) is 12.1 Å². The number of hydrogen-bond donors (Lipinski definition) is 2. The van der Waals surface area contributed by atoms with E-state index >= 15 is 0 Å². The van der Waals surface area contributed by atoms with Gasteiger partial charge < -0.3 is 24.6 Å². The molecular formula is C26H30F3N3O4. The maximum absolute atomic E-state index is 14.8. The first-order valence-electron chi connectivity index (χ1n) is 11.9. The van der Waals surface area contributed by atoms with E-state index in [1.165, 1.54) is 25.7 Å². The van der Waals surface area contributed by atoms with E-state index in [9.17, 15) is 13.2 Å². The second-order valence-electron chi connectivity index (χ2n) is 8.95. The molecule has 1 atom stereocenters. The van der Waals surface area contributed by atoms with Crippen molar-refractivity contribution in [3.8, 4) is 11.5 Å². The highest BCUT2D eigenvalue weighted by molar-refractivity contribution is 5.91. The van der Waals surface area contributed by atoms with Crippen molar-refractivity contribution >= 4 is 16.7 Å². The molecule has 1 unspecified atom stereocenters. The van der Waals surface area contributed by atoms with E-state index in [1.54, 1.807) is 19.1 Å². The molecule has 1 aliphatic rings. The van der Waals surface area contributed by atoms with Crippen LogP contribution in [0.3, 0.4) is 0 Å². The molecule has 3 aromatic rings. The lowest BCUT2D eigenvalue weighted by molar-refractivity contribution is -0.0583. The van der Waals surface area contributed by atoms with Crippen LogP contribution < -0.4 is 14.8 Å². The Kier molecular flexibility index (Phi) is 7.85. The van der Waals surface area contributed by atoms with E-state index in [0.717, 1.165) is 18.9 Å². The van der Waals surface area contributed by atoms with Gasteiger partial charge in [0.2, 0.25) is 0 Å². The monoisotopic (exact) mass is 505 g/mol. The third-order valence-electron chi connectivity index (χ3n) is 6.16. The number of nitrogens with one attached hydrogen (secondary N) is 1. The summed E-state index contributed by atoms with van der Waals surface area (Å²) in [5, 5.41) is 12.6. The van der Waals surface area contributed by atoms with Gasteiger partial charge in [-0.2, -0.15) is 8.78 Å². The Morgan fingerprint density at radius 1 is 1.19 bits per heavy atom. The largest absolute Gasteiger partial charge is 0.493 e. The lowest BCUT2D eigenvalue weighted by atomic mass is 9.96. The fourth-order valence-electron chi connectivity index (χ4n) is 3.96. The number of rotatable bonds is 11. The van der Waals surface area contributed by atoms with Crippen LogP contribution in [0.25, 0.3) is 10.9 Å². The minimum absolute atomic E-state index is 0.0109. The third-order valence-corrected chi connectivity index (χ3v) is 6.16. The minimum atomic E-state index is -3.68. The molecule has 1 fully saturated rings. The second-order valence-corrected chi connectivity index (χ2v) is 8.95. The van der Waals surface area contributed by atoms with Crippen molar-refractivity contribution in [3.63, 3.8) is 0 Å². The quantitative estimate of drug-likeness (QED) is 0.374. The average Bonchev–Trinajstić information content (AvgIpc) is 2.82. The zero-order valence-electron chi connectivity index (χ0n) is 20.5. The third kappa shape index (κ3) is 5.65. The Morgan fingerprint density at radius 3 is 2.64 bits per heavy atom. The number of aromatic nitrogens is 2. The van der Waals surface area contributed by atoms with Crippen LogP contribution in [0.15, 0.2) is 30.3 Å². The number of hydrogen-bond acceptors (Lipinski definition) is 7. The van der Waals surface area contributed by atoms with Crippen LogP contribution in [0.4, 0.5) is 19.0 Å². The SMILES string of the molecule is COc1cc2nc(C)nc(NCc3cccc(C(F)(F)CO)c3F)c2cc1OC(C)COC1CCC1. The fraction of sp³-hybridized carbons (Fsp3) is 0.462. The molecule has 36 heavy (non-hydrogen) atoms. The zero-order chi connectivity index (χ0) is 25.9. The number of fused-ring (bicyclic) bond motifs is 1. The van der Waals surface area contributed by atoms with Crippen LogP contribution >= 0.6 is 0 Å². The number of anilines is 1. The number of alkyl halides is 2. The molecule has 1 saturated carbocycles. The van der Waals surface area contributed by atoms with Crippen molar-refractivity contribution in [1.29, 1.82) is 0 Å². The normalized spacial score (nSPS) is 15.0. The van der Waals surface area contributed by atoms with E-state index < -0.39 is 23.9 Å². The van der Waals surface area contributed by atoms with Crippen molar-refractivity contribution in [2.45, 2.75) is 57.8 Å². The van der Waals surface area contributed by atoms with Gasteiger partial charge in [-0.05, 0) is 45.2 Å². The Morgan fingerprint density at radius 2 is 1.97 bits per heavy atom. The van der Waals surface area contributed by atoms with Crippen LogP contribution in [0, 0.1) is 12.7 Å². The van der Waals surface area contributed by atoms with Crippen LogP contribution in [-0.2, 0) is 17.2 Å². The Labute approximate surface area is 207 Å². The number of methoxy groups -OCH3 is 1. The summed E-state index contributed by atoms with van der Waals surface area (Å²) in [7, 11) is 1.54. The Balaban J connectivity index is 1.59. The van der Waals surface area contributed by atoms with Crippen molar-refractivity contribution in [1.82, 2.24) is 9.97 Å². The van der Waals surface area contributed by atoms with Gasteiger partial charge in [0.1, 0.15) is 30.2 Å². The summed E-state index contributed by atoms with van der Waals surface area (Å²) in [6, 6.07) is 7.16. The van der Waals surface area contributed by atoms with Crippen LogP contribution in [-0.4, -0.2) is 47.6 Å². The first-order valence-corrected chi connectivity index (χ1v) is 11.9. The average molecular weight is 506 g/mol. The van der Waals surface area contributed by atoms with Gasteiger partial charge >= 0.3 is 0 Å². The molecule has 0 aliphatic heterocycles. The first kappa shape index (κ1) is 26.0. The summed E-state index contributed by atoms with van der Waals surface area (Å²) < 4.78 is 60.1. The highest BCUT2D eigenvalue weighted by Crippen LogP contribution is 2.36. The molecule has 1 aliphatic carbocycles. The molecule has 4 rings (SSSR count). The summed E-state index contributed by atoms with van der Waals surface area (Å²) >= 11 is 0. The molecule has 0 saturated heterocycles. The number of nitrogens with zero attached hydrogens (tertiary/aromatic N) is 2. The molecule has 0 radical (unpaired) electrons. The number of aryl methyl sites for hydroxylation is 1. The predicted molar refractivity (Wildman–Crippen MR) is 129 cm³/mol. The van der Waals surface area contributed by atoms with Gasteiger partial charge in [-0.15, -0.1) is 0 Å². The molecule has 2 aromatic carbocycles. The predicted octanol–water partition coefficient (Wildman–Crippen LogP) is 5.12. The number of ether oxygens (including phenoxy) is 3. The Bertz CT molecular complexity index is 1220. The maximum atomic E-state index is 14.8. The fourth-order valence-corrected chi connectivity index (χ4v) is 3.96. The summed E-state index contributed by atoms with van der Waals surface area (Å²) in [4.78, 5) is 8.89. The van der Waals surface area contributed by atoms with E-state index in [4.69, 9.17) is 19.3 Å². The summed E-state index contributed by atoms with van der Waals surface area (Å²) in [6.07, 6.45) is 3.38. The van der Waals surface area contributed by atoms with E-state index in [2.05, 4.69) is 15.3 Å². The molecule has 1 heterocycles. The van der Waals surface area contributed by atoms with Crippen LogP contribution in [0.5, 0.6) is 11.5 Å². The van der Waals surface area contributed by atoms with Crippen molar-refractivity contribution in [3.05, 3.63) is 53.1 Å². The minimum Gasteiger partial charge on any atom is -0.493 e. The van der Waals surface area contributed by atoms with Gasteiger partial charge in [-0.25, -0.2) is 14.4 Å². The maximum Gasteiger partial charge on any atom is 0.298 e. The van der Waals surface area contributed by atoms with Gasteiger partial charge in [0, 0.05) is 23.6 Å². The lowest BCUT2D eigenvalue weighted by Gasteiger charge is -2.27. The van der Waals surface area contributed by atoms with Crippen LogP contribution in [0.1, 0.15) is 43.1 Å². The Hall–Kier alpha value is -3.11. The molecule has 10 heteroatoms. The number of aliphatic hydroxyl groups is 1. The topological polar surface area (TPSA) is 85.7 Å². The highest BCUT2D eigenvalue weighted by Gasteiger charge is 2.34. The van der Waals surface area contributed by atoms with Crippen molar-refractivity contribution in [2.75, 3.05) is 25.6 Å². The van der Waals surface area contributed by atoms with Gasteiger partial charge in [0.15, 0.2) is 11.5 Å². The lowest BCUT2D eigenvalue weighted by Crippen LogP contribution is -2.28. The molecule has 0 bridgehead atoms. The number of benzene rings is 2. The molecule has 2 N–H and O–H groups in total. The summed E-state index contributed by atoms with van der Waals surface area (Å²) in [5.74, 6) is -2.94. The smallest absolute Gasteiger partial charge is 0.298 e. The summed E-state index contributed by atoms with van der Waals surface area (Å²) in [6.45, 7) is 2.47. The summed E-state index contributed by atoms with van der Waals surface area (Å²) in [5.41, 5.74) is -0.267. The van der Waals surface area contributed by atoms with E-state index in [0.29, 0.717) is 40.7 Å². The second kappa shape index (κ2) is 10.9. The van der Waals surface area contributed by atoms with Gasteiger partial charge in [0.05, 0.1) is 30.9 Å². The van der Waals surface area contributed by atoms with Gasteiger partial charge in [-0.3, -0.25) is 0 Å². The van der Waals surface area contributed by atoms with Gasteiger partial charge in [0.25, 0.3) is 5.92 Å². The number of aliphatic hydroxyl groups excluding tert-OH is 1. The molecule has 1 aromatic heterocycles. The van der Waals surface area contributed by atoms with E-state index in [-0.39, 0.29) is 24.3 Å². The molecule has 0 amide bonds. The van der Waals surface area contributed by atoms with E-state index in [1.807, 2.05) is 6.92 Å². The van der Waals surface area contributed by atoms with Crippen molar-refractivity contribution in [2.24, 2.45) is 0 Å². The molecule has 194 valence electrons. The molecular weight excluding hydrogens is 475 g/mol.